The zero-order valence-corrected chi connectivity index (χ0v) is 8.47. The lowest BCUT2D eigenvalue weighted by Gasteiger charge is -2.24. The van der Waals surface area contributed by atoms with Crippen molar-refractivity contribution in [3.8, 4) is 0 Å². The summed E-state index contributed by atoms with van der Waals surface area (Å²) in [6, 6.07) is 0. The van der Waals surface area contributed by atoms with Crippen LogP contribution in [0.5, 0.6) is 0 Å². The zero-order chi connectivity index (χ0) is 10.1. The highest BCUT2D eigenvalue weighted by molar-refractivity contribution is 5.83. The first-order valence-corrected chi connectivity index (χ1v) is 4.88. The van der Waals surface area contributed by atoms with E-state index in [0.29, 0.717) is 12.8 Å². The van der Waals surface area contributed by atoms with Gasteiger partial charge in [-0.1, -0.05) is 13.8 Å². The minimum absolute atomic E-state index is 0.236. The van der Waals surface area contributed by atoms with Crippen LogP contribution >= 0.6 is 0 Å². The average molecular weight is 185 g/mol. The van der Waals surface area contributed by atoms with Gasteiger partial charge in [-0.15, -0.1) is 0 Å². The van der Waals surface area contributed by atoms with E-state index in [2.05, 4.69) is 13.8 Å². The zero-order valence-electron chi connectivity index (χ0n) is 8.47. The molecule has 3 nitrogen and oxygen atoms in total. The van der Waals surface area contributed by atoms with Crippen LogP contribution in [-0.4, -0.2) is 16.6 Å². The smallest absolute Gasteiger partial charge is 0.249 e. The van der Waals surface area contributed by atoms with Crippen LogP contribution in [0, 0.1) is 5.41 Å². The second kappa shape index (κ2) is 3.29. The lowest BCUT2D eigenvalue weighted by Crippen LogP contribution is -2.43. The molecule has 1 rings (SSSR count). The van der Waals surface area contributed by atoms with Gasteiger partial charge in [0, 0.05) is 0 Å². The predicted molar refractivity (Wildman–Crippen MR) is 51.0 cm³/mol. The van der Waals surface area contributed by atoms with E-state index in [1.165, 1.54) is 0 Å². The molecule has 1 aliphatic rings. The number of aliphatic hydroxyl groups is 1. The van der Waals surface area contributed by atoms with Gasteiger partial charge in [0.15, 0.2) is 0 Å². The highest BCUT2D eigenvalue weighted by Gasteiger charge is 2.38. The van der Waals surface area contributed by atoms with Gasteiger partial charge in [0.05, 0.1) is 0 Å². The number of hydrogen-bond acceptors (Lipinski definition) is 2. The largest absolute Gasteiger partial charge is 0.380 e. The van der Waals surface area contributed by atoms with Crippen molar-refractivity contribution < 1.29 is 9.90 Å². The summed E-state index contributed by atoms with van der Waals surface area (Å²) < 4.78 is 0. The molecule has 3 N–H and O–H groups in total. The number of nitrogens with two attached hydrogens (primary N) is 1. The fraction of sp³-hybridized carbons (Fsp3) is 0.900. The predicted octanol–water partition coefficient (Wildman–Crippen LogP) is 1.19. The van der Waals surface area contributed by atoms with E-state index < -0.39 is 11.5 Å². The third kappa shape index (κ3) is 2.44. The summed E-state index contributed by atoms with van der Waals surface area (Å²) in [5.41, 5.74) is 4.16. The van der Waals surface area contributed by atoms with Gasteiger partial charge in [-0.3, -0.25) is 4.79 Å². The number of hydrogen-bond donors (Lipinski definition) is 2. The van der Waals surface area contributed by atoms with E-state index in [1.807, 2.05) is 0 Å². The Morgan fingerprint density at radius 1 is 1.23 bits per heavy atom. The Kier molecular flexibility index (Phi) is 2.66. The fourth-order valence-electron chi connectivity index (χ4n) is 1.90. The van der Waals surface area contributed by atoms with Crippen LogP contribution in [0.4, 0.5) is 0 Å². The summed E-state index contributed by atoms with van der Waals surface area (Å²) >= 11 is 0. The maximum atomic E-state index is 11.0. The Morgan fingerprint density at radius 3 is 2.38 bits per heavy atom. The summed E-state index contributed by atoms with van der Waals surface area (Å²) in [4.78, 5) is 11.0. The van der Waals surface area contributed by atoms with Crippen molar-refractivity contribution in [2.24, 2.45) is 11.1 Å². The van der Waals surface area contributed by atoms with Crippen LogP contribution in [0.3, 0.4) is 0 Å². The molecule has 0 aromatic rings. The molecule has 1 saturated carbocycles. The summed E-state index contributed by atoms with van der Waals surface area (Å²) in [5, 5.41) is 9.89. The molecule has 0 saturated heterocycles. The molecule has 1 unspecified atom stereocenters. The molecule has 1 atom stereocenters. The van der Waals surface area contributed by atoms with Crippen molar-refractivity contribution in [2.45, 2.75) is 51.6 Å². The Balaban J connectivity index is 2.69. The van der Waals surface area contributed by atoms with Gasteiger partial charge in [0.25, 0.3) is 0 Å². The van der Waals surface area contributed by atoms with Crippen LogP contribution < -0.4 is 5.73 Å². The topological polar surface area (TPSA) is 63.3 Å². The molecular formula is C10H19NO2. The van der Waals surface area contributed by atoms with Gasteiger partial charge in [0.2, 0.25) is 5.91 Å². The van der Waals surface area contributed by atoms with Crippen molar-refractivity contribution in [3.05, 3.63) is 0 Å². The molecule has 1 fully saturated rings. The molecular weight excluding hydrogens is 166 g/mol. The van der Waals surface area contributed by atoms with Crippen molar-refractivity contribution >= 4 is 5.91 Å². The number of primary amides is 1. The summed E-state index contributed by atoms with van der Waals surface area (Å²) in [7, 11) is 0. The average Bonchev–Trinajstić information content (AvgIpc) is 2.12. The summed E-state index contributed by atoms with van der Waals surface area (Å²) in [5.74, 6) is -0.565. The molecule has 0 spiro atoms. The number of rotatable bonds is 1. The van der Waals surface area contributed by atoms with Crippen LogP contribution in [0.15, 0.2) is 0 Å². The lowest BCUT2D eigenvalue weighted by molar-refractivity contribution is -0.137. The second-order valence-corrected chi connectivity index (χ2v) is 4.91. The highest BCUT2D eigenvalue weighted by Crippen LogP contribution is 2.37. The van der Waals surface area contributed by atoms with Gasteiger partial charge >= 0.3 is 0 Å². The van der Waals surface area contributed by atoms with Crippen molar-refractivity contribution in [2.75, 3.05) is 0 Å². The van der Waals surface area contributed by atoms with E-state index in [9.17, 15) is 9.90 Å². The maximum Gasteiger partial charge on any atom is 0.249 e. The first-order valence-electron chi connectivity index (χ1n) is 4.88. The van der Waals surface area contributed by atoms with Crippen molar-refractivity contribution in [3.63, 3.8) is 0 Å². The molecule has 1 aliphatic carbocycles. The minimum atomic E-state index is -1.24. The molecule has 0 radical (unpaired) electrons. The second-order valence-electron chi connectivity index (χ2n) is 4.91. The van der Waals surface area contributed by atoms with E-state index in [0.717, 1.165) is 19.3 Å². The van der Waals surface area contributed by atoms with Crippen LogP contribution in [0.2, 0.25) is 0 Å². The van der Waals surface area contributed by atoms with Gasteiger partial charge in [-0.2, -0.15) is 0 Å². The van der Waals surface area contributed by atoms with Gasteiger partial charge in [0.1, 0.15) is 5.60 Å². The standard InChI is InChI=1S/C10H19NO2/c1-9(2)4-3-5-10(13,7-6-9)8(11)12/h13H,3-7H2,1-2H3,(H2,11,12). The quantitative estimate of drug-likeness (QED) is 0.603. The third-order valence-corrected chi connectivity index (χ3v) is 3.12. The van der Waals surface area contributed by atoms with E-state index in [-0.39, 0.29) is 5.41 Å². The molecule has 3 heteroatoms. The minimum Gasteiger partial charge on any atom is -0.380 e. The summed E-state index contributed by atoms with van der Waals surface area (Å²) in [6.07, 6.45) is 3.84. The number of amides is 1. The number of carbonyl (C=O) groups is 1. The molecule has 0 aromatic heterocycles. The Bertz CT molecular complexity index is 213. The lowest BCUT2D eigenvalue weighted by atomic mass is 9.84. The van der Waals surface area contributed by atoms with E-state index in [1.54, 1.807) is 0 Å². The van der Waals surface area contributed by atoms with Crippen LogP contribution in [-0.2, 0) is 4.79 Å². The molecule has 0 bridgehead atoms. The Hall–Kier alpha value is -0.570. The molecule has 13 heavy (non-hydrogen) atoms. The molecule has 0 aromatic carbocycles. The van der Waals surface area contributed by atoms with E-state index in [4.69, 9.17) is 5.73 Å². The van der Waals surface area contributed by atoms with Gasteiger partial charge in [-0.25, -0.2) is 0 Å². The number of carbonyl (C=O) groups excluding carboxylic acids is 1. The molecule has 0 aliphatic heterocycles. The third-order valence-electron chi connectivity index (χ3n) is 3.12. The normalized spacial score (nSPS) is 33.8. The van der Waals surface area contributed by atoms with Crippen LogP contribution in [0.25, 0.3) is 0 Å². The summed E-state index contributed by atoms with van der Waals surface area (Å²) in [6.45, 7) is 4.33. The van der Waals surface area contributed by atoms with Gasteiger partial charge < -0.3 is 10.8 Å². The molecule has 1 amide bonds. The molecule has 0 heterocycles. The molecule has 76 valence electrons. The van der Waals surface area contributed by atoms with Gasteiger partial charge in [-0.05, 0) is 37.5 Å². The highest BCUT2D eigenvalue weighted by atomic mass is 16.3. The SMILES string of the molecule is CC1(C)CCCC(O)(C(N)=O)CC1. The van der Waals surface area contributed by atoms with Crippen molar-refractivity contribution in [1.29, 1.82) is 0 Å². The first-order chi connectivity index (χ1) is 5.86. The Morgan fingerprint density at radius 2 is 1.85 bits per heavy atom. The van der Waals surface area contributed by atoms with E-state index >= 15 is 0 Å². The monoisotopic (exact) mass is 185 g/mol. The fourth-order valence-corrected chi connectivity index (χ4v) is 1.90. The first kappa shape index (κ1) is 10.5. The van der Waals surface area contributed by atoms with Crippen LogP contribution in [0.1, 0.15) is 46.0 Å². The maximum absolute atomic E-state index is 11.0. The Labute approximate surface area is 79.3 Å². The van der Waals surface area contributed by atoms with Crippen molar-refractivity contribution in [1.82, 2.24) is 0 Å².